The normalized spacial score (nSPS) is 12.0. The molecule has 3 aromatic carbocycles. The Balaban J connectivity index is 1.72. The summed E-state index contributed by atoms with van der Waals surface area (Å²) < 4.78 is 44.8. The lowest BCUT2D eigenvalue weighted by molar-refractivity contribution is -0.154. The minimum absolute atomic E-state index is 0.171. The van der Waals surface area contributed by atoms with Crippen molar-refractivity contribution in [2.45, 2.75) is 25.1 Å². The zero-order chi connectivity index (χ0) is 25.6. The van der Waals surface area contributed by atoms with E-state index in [-0.39, 0.29) is 24.3 Å². The molecule has 1 atom stereocenters. The predicted molar refractivity (Wildman–Crippen MR) is 125 cm³/mol. The van der Waals surface area contributed by atoms with Gasteiger partial charge in [-0.05, 0) is 42.5 Å². The second-order valence-corrected chi connectivity index (χ2v) is 8.24. The molecule has 35 heavy (non-hydrogen) atoms. The van der Waals surface area contributed by atoms with Crippen LogP contribution in [0.25, 0.3) is 0 Å². The van der Waals surface area contributed by atoms with Gasteiger partial charge in [0, 0.05) is 28.3 Å². The lowest BCUT2D eigenvalue weighted by Crippen LogP contribution is -2.26. The van der Waals surface area contributed by atoms with Crippen molar-refractivity contribution >= 4 is 46.5 Å². The van der Waals surface area contributed by atoms with Crippen molar-refractivity contribution in [1.82, 2.24) is 0 Å². The van der Waals surface area contributed by atoms with E-state index in [0.29, 0.717) is 22.2 Å². The SMILES string of the molecule is O=C(CCC(=O)c1ccc(Cl)cc1)O[C@@H](C(=O)Nc1ccc(Cl)c(C(F)(F)F)c1)c1ccccc1. The zero-order valence-corrected chi connectivity index (χ0v) is 19.5. The summed E-state index contributed by atoms with van der Waals surface area (Å²) in [6.07, 6.45) is -6.66. The topological polar surface area (TPSA) is 72.5 Å². The van der Waals surface area contributed by atoms with Crippen molar-refractivity contribution in [3.05, 3.63) is 99.5 Å². The molecule has 3 aromatic rings. The molecule has 0 unspecified atom stereocenters. The fraction of sp³-hybridized carbons (Fsp3) is 0.160. The fourth-order valence-corrected chi connectivity index (χ4v) is 3.47. The summed E-state index contributed by atoms with van der Waals surface area (Å²) in [5.74, 6) is -2.02. The summed E-state index contributed by atoms with van der Waals surface area (Å²) in [6.45, 7) is 0. The number of benzene rings is 3. The van der Waals surface area contributed by atoms with Crippen LogP contribution in [0.4, 0.5) is 18.9 Å². The average Bonchev–Trinajstić information content (AvgIpc) is 2.82. The highest BCUT2D eigenvalue weighted by atomic mass is 35.5. The highest BCUT2D eigenvalue weighted by Gasteiger charge is 2.34. The molecule has 10 heteroatoms. The van der Waals surface area contributed by atoms with Crippen LogP contribution in [0.3, 0.4) is 0 Å². The molecule has 0 aromatic heterocycles. The van der Waals surface area contributed by atoms with Crippen molar-refractivity contribution in [3.8, 4) is 0 Å². The van der Waals surface area contributed by atoms with Crippen LogP contribution < -0.4 is 5.32 Å². The first-order chi connectivity index (χ1) is 16.5. The number of hydrogen-bond acceptors (Lipinski definition) is 4. The van der Waals surface area contributed by atoms with E-state index in [9.17, 15) is 27.6 Å². The standard InChI is InChI=1S/C25H18Cl2F3NO4/c26-17-8-6-15(7-9-17)21(32)12-13-22(33)35-23(16-4-2-1-3-5-16)24(34)31-18-10-11-20(27)19(14-18)25(28,29)30/h1-11,14,23H,12-13H2,(H,31,34)/t23-/m1/s1. The molecule has 0 bridgehead atoms. The van der Waals surface area contributed by atoms with Crippen LogP contribution in [-0.4, -0.2) is 17.7 Å². The maximum atomic E-state index is 13.2. The molecule has 5 nitrogen and oxygen atoms in total. The summed E-state index contributed by atoms with van der Waals surface area (Å²) in [4.78, 5) is 37.7. The summed E-state index contributed by atoms with van der Waals surface area (Å²) in [5.41, 5.74) is -0.636. The maximum Gasteiger partial charge on any atom is 0.417 e. The Morgan fingerprint density at radius 1 is 0.886 bits per heavy atom. The van der Waals surface area contributed by atoms with Crippen LogP contribution in [0.5, 0.6) is 0 Å². The third-order valence-corrected chi connectivity index (χ3v) is 5.43. The second kappa shape index (κ2) is 11.4. The highest BCUT2D eigenvalue weighted by Crippen LogP contribution is 2.36. The van der Waals surface area contributed by atoms with E-state index in [1.807, 2.05) is 0 Å². The van der Waals surface area contributed by atoms with Gasteiger partial charge in [0.15, 0.2) is 5.78 Å². The molecular weight excluding hydrogens is 506 g/mol. The van der Waals surface area contributed by atoms with Crippen LogP contribution in [-0.2, 0) is 20.5 Å². The lowest BCUT2D eigenvalue weighted by Gasteiger charge is -2.19. The van der Waals surface area contributed by atoms with E-state index in [0.717, 1.165) is 6.07 Å². The van der Waals surface area contributed by atoms with Crippen molar-refractivity contribution in [1.29, 1.82) is 0 Å². The Bertz CT molecular complexity index is 1220. The summed E-state index contributed by atoms with van der Waals surface area (Å²) >= 11 is 11.4. The molecule has 0 fully saturated rings. The van der Waals surface area contributed by atoms with E-state index >= 15 is 0 Å². The van der Waals surface area contributed by atoms with Crippen LogP contribution in [0.2, 0.25) is 10.0 Å². The molecule has 0 spiro atoms. The predicted octanol–water partition coefficient (Wildman–Crippen LogP) is 6.90. The smallest absolute Gasteiger partial charge is 0.417 e. The van der Waals surface area contributed by atoms with E-state index in [2.05, 4.69) is 5.32 Å². The van der Waals surface area contributed by atoms with Crippen LogP contribution in [0.1, 0.15) is 40.4 Å². The molecule has 0 heterocycles. The van der Waals surface area contributed by atoms with Gasteiger partial charge in [0.1, 0.15) is 0 Å². The van der Waals surface area contributed by atoms with Gasteiger partial charge in [-0.15, -0.1) is 0 Å². The Hall–Kier alpha value is -3.36. The number of ether oxygens (including phenoxy) is 1. The van der Waals surface area contributed by atoms with Gasteiger partial charge in [0.2, 0.25) is 6.10 Å². The minimum Gasteiger partial charge on any atom is -0.447 e. The van der Waals surface area contributed by atoms with Crippen LogP contribution >= 0.6 is 23.2 Å². The highest BCUT2D eigenvalue weighted by molar-refractivity contribution is 6.31. The minimum atomic E-state index is -4.72. The Morgan fingerprint density at radius 3 is 2.17 bits per heavy atom. The number of alkyl halides is 3. The van der Waals surface area contributed by atoms with Gasteiger partial charge in [-0.25, -0.2) is 0 Å². The van der Waals surface area contributed by atoms with Crippen LogP contribution in [0.15, 0.2) is 72.8 Å². The van der Waals surface area contributed by atoms with E-state index < -0.39 is 34.7 Å². The van der Waals surface area contributed by atoms with E-state index in [4.69, 9.17) is 27.9 Å². The van der Waals surface area contributed by atoms with Crippen molar-refractivity contribution in [2.24, 2.45) is 0 Å². The Labute approximate surface area is 208 Å². The third-order valence-electron chi connectivity index (χ3n) is 4.85. The van der Waals surface area contributed by atoms with Gasteiger partial charge in [-0.1, -0.05) is 53.5 Å². The third kappa shape index (κ3) is 7.31. The first kappa shape index (κ1) is 26.2. The number of amides is 1. The van der Waals surface area contributed by atoms with Gasteiger partial charge in [0.05, 0.1) is 17.0 Å². The number of hydrogen-bond donors (Lipinski definition) is 1. The van der Waals surface area contributed by atoms with Crippen molar-refractivity contribution < 1.29 is 32.3 Å². The number of carbonyl (C=O) groups is 3. The number of anilines is 1. The molecule has 3 rings (SSSR count). The van der Waals surface area contributed by atoms with Crippen molar-refractivity contribution in [2.75, 3.05) is 5.32 Å². The first-order valence-corrected chi connectivity index (χ1v) is 11.0. The first-order valence-electron chi connectivity index (χ1n) is 10.3. The molecule has 0 aliphatic heterocycles. The van der Waals surface area contributed by atoms with E-state index in [1.54, 1.807) is 30.3 Å². The van der Waals surface area contributed by atoms with Gasteiger partial charge < -0.3 is 10.1 Å². The number of carbonyl (C=O) groups excluding carboxylic acids is 3. The Kier molecular flexibility index (Phi) is 8.53. The molecule has 0 saturated carbocycles. The Morgan fingerprint density at radius 2 is 1.54 bits per heavy atom. The molecule has 0 aliphatic rings. The van der Waals surface area contributed by atoms with Crippen LogP contribution in [0, 0.1) is 0 Å². The monoisotopic (exact) mass is 523 g/mol. The maximum absolute atomic E-state index is 13.2. The van der Waals surface area contributed by atoms with Crippen molar-refractivity contribution in [3.63, 3.8) is 0 Å². The summed E-state index contributed by atoms with van der Waals surface area (Å²) in [7, 11) is 0. The molecular formula is C25H18Cl2F3NO4. The van der Waals surface area contributed by atoms with E-state index in [1.165, 1.54) is 30.3 Å². The second-order valence-electron chi connectivity index (χ2n) is 7.39. The lowest BCUT2D eigenvalue weighted by atomic mass is 10.1. The number of nitrogens with one attached hydrogen (secondary N) is 1. The largest absolute Gasteiger partial charge is 0.447 e. The van der Waals surface area contributed by atoms with Gasteiger partial charge >= 0.3 is 12.1 Å². The summed E-state index contributed by atoms with van der Waals surface area (Å²) in [6, 6.07) is 17.0. The molecule has 0 saturated heterocycles. The number of Topliss-reactive ketones (excluding diaryl/α,β-unsaturated/α-hetero) is 1. The molecule has 1 amide bonds. The number of halogens is 5. The summed E-state index contributed by atoms with van der Waals surface area (Å²) in [5, 5.41) is 2.26. The zero-order valence-electron chi connectivity index (χ0n) is 17.9. The number of rotatable bonds is 8. The van der Waals surface area contributed by atoms with Gasteiger partial charge in [0.25, 0.3) is 5.91 Å². The van der Waals surface area contributed by atoms with Gasteiger partial charge in [-0.3, -0.25) is 14.4 Å². The number of ketones is 1. The molecule has 0 radical (unpaired) electrons. The quantitative estimate of drug-likeness (QED) is 0.257. The molecule has 182 valence electrons. The van der Waals surface area contributed by atoms with Gasteiger partial charge in [-0.2, -0.15) is 13.2 Å². The molecule has 1 N–H and O–H groups in total. The molecule has 0 aliphatic carbocycles. The average molecular weight is 524 g/mol. The number of esters is 1. The fourth-order valence-electron chi connectivity index (χ4n) is 3.11.